The number of halogens is 2. The second-order valence-electron chi connectivity index (χ2n) is 9.75. The molecule has 1 fully saturated rings. The Morgan fingerprint density at radius 3 is 2.08 bits per heavy atom. The van der Waals surface area contributed by atoms with Gasteiger partial charge in [0.1, 0.15) is 6.04 Å². The van der Waals surface area contributed by atoms with Crippen LogP contribution in [0.25, 0.3) is 0 Å². The quantitative estimate of drug-likeness (QED) is 0.263. The highest BCUT2D eigenvalue weighted by Crippen LogP contribution is 2.29. The Kier molecular flexibility index (Phi) is 11.0. The van der Waals surface area contributed by atoms with Crippen molar-refractivity contribution < 1.29 is 9.59 Å². The van der Waals surface area contributed by atoms with Crippen LogP contribution in [0.5, 0.6) is 0 Å². The monoisotopic (exact) mass is 568 g/mol. The number of benzene rings is 3. The minimum absolute atomic E-state index is 0.0795. The Morgan fingerprint density at radius 1 is 0.842 bits per heavy atom. The van der Waals surface area contributed by atoms with Gasteiger partial charge in [0.05, 0.1) is 5.75 Å². The molecule has 4 rings (SSSR count). The fraction of sp³-hybridized carbons (Fsp3) is 0.355. The maximum Gasteiger partial charge on any atom is 0.243 e. The lowest BCUT2D eigenvalue weighted by molar-refractivity contribution is -0.139. The maximum atomic E-state index is 13.8. The smallest absolute Gasteiger partial charge is 0.243 e. The third-order valence-corrected chi connectivity index (χ3v) is 8.60. The van der Waals surface area contributed by atoms with Crippen molar-refractivity contribution in [3.8, 4) is 0 Å². The summed E-state index contributed by atoms with van der Waals surface area (Å²) in [4.78, 5) is 29.3. The molecule has 1 aliphatic carbocycles. The summed E-state index contributed by atoms with van der Waals surface area (Å²) in [6, 6.07) is 24.8. The molecule has 1 atom stereocenters. The molecular formula is C31H34Cl2N2O2S. The van der Waals surface area contributed by atoms with Crippen molar-refractivity contribution in [1.82, 2.24) is 10.2 Å². The predicted octanol–water partition coefficient (Wildman–Crippen LogP) is 7.32. The molecule has 1 N–H and O–H groups in total. The van der Waals surface area contributed by atoms with Gasteiger partial charge in [-0.1, -0.05) is 109 Å². The van der Waals surface area contributed by atoms with Crippen LogP contribution in [0.1, 0.15) is 48.8 Å². The van der Waals surface area contributed by atoms with Crippen LogP contribution >= 0.6 is 35.0 Å². The summed E-state index contributed by atoms with van der Waals surface area (Å²) in [5.41, 5.74) is 2.83. The van der Waals surface area contributed by atoms with Gasteiger partial charge in [0.15, 0.2) is 0 Å². The first-order valence-corrected chi connectivity index (χ1v) is 15.1. The van der Waals surface area contributed by atoms with Gasteiger partial charge in [0.2, 0.25) is 11.8 Å². The van der Waals surface area contributed by atoms with Crippen LogP contribution in [0.4, 0.5) is 0 Å². The Balaban J connectivity index is 1.56. The molecule has 0 heterocycles. The second-order valence-corrected chi connectivity index (χ2v) is 11.5. The average Bonchev–Trinajstić information content (AvgIpc) is 2.94. The lowest BCUT2D eigenvalue weighted by atomic mass is 9.94. The summed E-state index contributed by atoms with van der Waals surface area (Å²) in [6.45, 7) is 0.364. The van der Waals surface area contributed by atoms with E-state index in [1.54, 1.807) is 17.0 Å². The highest BCUT2D eigenvalue weighted by atomic mass is 35.5. The van der Waals surface area contributed by atoms with Crippen molar-refractivity contribution in [2.45, 2.75) is 62.9 Å². The highest BCUT2D eigenvalue weighted by Gasteiger charge is 2.31. The number of nitrogens with one attached hydrogen (secondary N) is 1. The second kappa shape index (κ2) is 14.6. The Bertz CT molecular complexity index is 1170. The summed E-state index contributed by atoms with van der Waals surface area (Å²) < 4.78 is 0. The number of amides is 2. The maximum absolute atomic E-state index is 13.8. The van der Waals surface area contributed by atoms with Gasteiger partial charge in [-0.05, 0) is 41.7 Å². The first kappa shape index (κ1) is 28.5. The van der Waals surface area contributed by atoms with Crippen LogP contribution in [0.3, 0.4) is 0 Å². The number of thioether (sulfide) groups is 1. The summed E-state index contributed by atoms with van der Waals surface area (Å²) in [5, 5.41) is 4.46. The van der Waals surface area contributed by atoms with E-state index < -0.39 is 6.04 Å². The van der Waals surface area contributed by atoms with Gasteiger partial charge in [0.25, 0.3) is 0 Å². The van der Waals surface area contributed by atoms with Crippen LogP contribution < -0.4 is 5.32 Å². The molecular weight excluding hydrogens is 535 g/mol. The molecule has 3 aromatic rings. The van der Waals surface area contributed by atoms with Gasteiger partial charge >= 0.3 is 0 Å². The summed E-state index contributed by atoms with van der Waals surface area (Å²) in [6.07, 6.45) is 5.91. The van der Waals surface area contributed by atoms with E-state index in [4.69, 9.17) is 23.2 Å². The van der Waals surface area contributed by atoms with Gasteiger partial charge in [-0.25, -0.2) is 0 Å². The first-order valence-electron chi connectivity index (χ1n) is 13.2. The Labute approximate surface area is 240 Å². The molecule has 3 aromatic carbocycles. The lowest BCUT2D eigenvalue weighted by Crippen LogP contribution is -2.53. The van der Waals surface area contributed by atoms with E-state index in [1.807, 2.05) is 66.7 Å². The molecule has 38 heavy (non-hydrogen) atoms. The van der Waals surface area contributed by atoms with Crippen LogP contribution in [-0.4, -0.2) is 34.6 Å². The molecule has 200 valence electrons. The van der Waals surface area contributed by atoms with Crippen molar-refractivity contribution in [3.05, 3.63) is 106 Å². The minimum atomic E-state index is -0.614. The van der Waals surface area contributed by atoms with Crippen molar-refractivity contribution >= 4 is 46.8 Å². The summed E-state index contributed by atoms with van der Waals surface area (Å²) in [7, 11) is 0. The van der Waals surface area contributed by atoms with Crippen molar-refractivity contribution in [2.24, 2.45) is 0 Å². The van der Waals surface area contributed by atoms with Crippen LogP contribution in [0.15, 0.2) is 78.9 Å². The number of hydrogen-bond acceptors (Lipinski definition) is 3. The van der Waals surface area contributed by atoms with Crippen LogP contribution in [0.2, 0.25) is 10.0 Å². The minimum Gasteiger partial charge on any atom is -0.352 e. The molecule has 0 saturated heterocycles. The first-order chi connectivity index (χ1) is 18.5. The Hall–Kier alpha value is -2.47. The largest absolute Gasteiger partial charge is 0.352 e. The van der Waals surface area contributed by atoms with Gasteiger partial charge in [-0.3, -0.25) is 9.59 Å². The van der Waals surface area contributed by atoms with Crippen molar-refractivity contribution in [1.29, 1.82) is 0 Å². The third kappa shape index (κ3) is 8.26. The van der Waals surface area contributed by atoms with E-state index >= 15 is 0 Å². The molecule has 2 amide bonds. The molecule has 0 aromatic heterocycles. The van der Waals surface area contributed by atoms with E-state index in [-0.39, 0.29) is 23.6 Å². The number of nitrogens with zero attached hydrogens (tertiary/aromatic N) is 1. The van der Waals surface area contributed by atoms with Crippen LogP contribution in [0, 0.1) is 0 Å². The number of hydrogen-bond donors (Lipinski definition) is 1. The van der Waals surface area contributed by atoms with E-state index in [0.717, 1.165) is 42.4 Å². The predicted molar refractivity (Wildman–Crippen MR) is 159 cm³/mol. The fourth-order valence-corrected chi connectivity index (χ4v) is 6.52. The SMILES string of the molecule is O=C(NC1CCCCC1)[C@H](Cc1ccccc1)N(Cc1ccccc1)C(=O)CSCc1c(Cl)cccc1Cl. The zero-order valence-electron chi connectivity index (χ0n) is 21.5. The standard InChI is InChI=1S/C31H34Cl2N2O2S/c32-27-17-10-18-28(33)26(27)21-38-22-30(36)35(20-24-13-6-2-7-14-24)29(19-23-11-4-1-5-12-23)31(37)34-25-15-8-3-9-16-25/h1-2,4-7,10-14,17-18,25,29H,3,8-9,15-16,19-22H2,(H,34,37)/t29-/m0/s1. The summed E-state index contributed by atoms with van der Waals surface area (Å²) in [5.74, 6) is 0.572. The van der Waals surface area contributed by atoms with Crippen molar-refractivity contribution in [3.63, 3.8) is 0 Å². The normalized spacial score (nSPS) is 14.6. The molecule has 0 bridgehead atoms. The van der Waals surface area contributed by atoms with E-state index in [2.05, 4.69) is 5.32 Å². The van der Waals surface area contributed by atoms with E-state index in [1.165, 1.54) is 18.2 Å². The number of carbonyl (C=O) groups excluding carboxylic acids is 2. The molecule has 1 saturated carbocycles. The van der Waals surface area contributed by atoms with Gasteiger partial charge in [-0.15, -0.1) is 11.8 Å². The van der Waals surface area contributed by atoms with Gasteiger partial charge < -0.3 is 10.2 Å². The van der Waals surface area contributed by atoms with Crippen molar-refractivity contribution in [2.75, 3.05) is 5.75 Å². The van der Waals surface area contributed by atoms with Gasteiger partial charge in [-0.2, -0.15) is 0 Å². The zero-order chi connectivity index (χ0) is 26.7. The molecule has 0 unspecified atom stereocenters. The molecule has 1 aliphatic rings. The number of rotatable bonds is 11. The number of carbonyl (C=O) groups is 2. The molecule has 7 heteroatoms. The summed E-state index contributed by atoms with van der Waals surface area (Å²) >= 11 is 14.1. The lowest BCUT2D eigenvalue weighted by Gasteiger charge is -2.33. The fourth-order valence-electron chi connectivity index (χ4n) is 4.87. The van der Waals surface area contributed by atoms with E-state index in [9.17, 15) is 9.59 Å². The molecule has 0 spiro atoms. The van der Waals surface area contributed by atoms with E-state index in [0.29, 0.717) is 28.8 Å². The average molecular weight is 570 g/mol. The highest BCUT2D eigenvalue weighted by molar-refractivity contribution is 7.99. The topological polar surface area (TPSA) is 49.4 Å². The van der Waals surface area contributed by atoms with Gasteiger partial charge in [0, 0.05) is 34.8 Å². The zero-order valence-corrected chi connectivity index (χ0v) is 23.8. The Morgan fingerprint density at radius 2 is 1.45 bits per heavy atom. The molecule has 4 nitrogen and oxygen atoms in total. The molecule has 0 radical (unpaired) electrons. The van der Waals surface area contributed by atoms with Crippen LogP contribution in [-0.2, 0) is 28.3 Å². The third-order valence-electron chi connectivity index (χ3n) is 6.95. The molecule has 0 aliphatic heterocycles.